The monoisotopic (exact) mass is 439 g/mol. The minimum atomic E-state index is -0.109. The van der Waals surface area contributed by atoms with Gasteiger partial charge in [-0.15, -0.1) is 11.3 Å². The van der Waals surface area contributed by atoms with Crippen molar-refractivity contribution in [2.75, 3.05) is 6.61 Å². The molecule has 9 heteroatoms. The second-order valence-electron chi connectivity index (χ2n) is 8.14. The molecule has 1 N–H and O–H groups in total. The Morgan fingerprint density at radius 1 is 1.32 bits per heavy atom. The van der Waals surface area contributed by atoms with Gasteiger partial charge in [0, 0.05) is 30.0 Å². The molecule has 162 valence electrons. The van der Waals surface area contributed by atoms with Gasteiger partial charge < -0.3 is 10.1 Å². The SMILES string of the molecule is Cc1nc(Cn2nc3n(c2=O)CCC(NC(=O)c2ccc4c(c2)CCCO4)CC3)cs1. The summed E-state index contributed by atoms with van der Waals surface area (Å²) in [5.74, 6) is 1.58. The van der Waals surface area contributed by atoms with Crippen molar-refractivity contribution in [1.29, 1.82) is 0 Å². The van der Waals surface area contributed by atoms with Crippen LogP contribution in [0.15, 0.2) is 28.4 Å². The Morgan fingerprint density at radius 2 is 2.23 bits per heavy atom. The summed E-state index contributed by atoms with van der Waals surface area (Å²) in [5, 5.41) is 10.6. The number of fused-ring (bicyclic) bond motifs is 2. The van der Waals surface area contributed by atoms with Crippen LogP contribution in [0.3, 0.4) is 0 Å². The van der Waals surface area contributed by atoms with E-state index in [-0.39, 0.29) is 17.6 Å². The minimum Gasteiger partial charge on any atom is -0.493 e. The van der Waals surface area contributed by atoms with Gasteiger partial charge in [-0.2, -0.15) is 5.10 Å². The summed E-state index contributed by atoms with van der Waals surface area (Å²) in [6, 6.07) is 5.65. The predicted octanol–water partition coefficient (Wildman–Crippen LogP) is 2.32. The van der Waals surface area contributed by atoms with Crippen LogP contribution < -0.4 is 15.7 Å². The molecule has 4 heterocycles. The molecule has 1 aromatic carbocycles. The number of amides is 1. The van der Waals surface area contributed by atoms with Crippen LogP contribution in [0, 0.1) is 6.92 Å². The molecule has 5 rings (SSSR count). The van der Waals surface area contributed by atoms with Crippen LogP contribution in [0.4, 0.5) is 0 Å². The van der Waals surface area contributed by atoms with Crippen LogP contribution in [0.5, 0.6) is 5.75 Å². The van der Waals surface area contributed by atoms with Gasteiger partial charge in [-0.3, -0.25) is 9.36 Å². The van der Waals surface area contributed by atoms with E-state index in [0.717, 1.165) is 53.7 Å². The third-order valence-electron chi connectivity index (χ3n) is 5.90. The number of hydrogen-bond acceptors (Lipinski definition) is 6. The van der Waals surface area contributed by atoms with Crippen molar-refractivity contribution < 1.29 is 9.53 Å². The first-order chi connectivity index (χ1) is 15.1. The van der Waals surface area contributed by atoms with Gasteiger partial charge in [0.05, 0.1) is 23.9 Å². The first-order valence-electron chi connectivity index (χ1n) is 10.7. The van der Waals surface area contributed by atoms with Crippen LogP contribution in [0.25, 0.3) is 0 Å². The molecule has 0 saturated heterocycles. The van der Waals surface area contributed by atoms with E-state index in [2.05, 4.69) is 15.4 Å². The lowest BCUT2D eigenvalue weighted by Gasteiger charge is -2.19. The Morgan fingerprint density at radius 3 is 3.06 bits per heavy atom. The zero-order chi connectivity index (χ0) is 21.4. The van der Waals surface area contributed by atoms with Crippen LogP contribution in [-0.2, 0) is 25.9 Å². The zero-order valence-corrected chi connectivity index (χ0v) is 18.3. The molecule has 0 saturated carbocycles. The summed E-state index contributed by atoms with van der Waals surface area (Å²) < 4.78 is 8.87. The lowest BCUT2D eigenvalue weighted by molar-refractivity contribution is 0.0932. The van der Waals surface area contributed by atoms with Crippen LogP contribution >= 0.6 is 11.3 Å². The van der Waals surface area contributed by atoms with Gasteiger partial charge in [-0.1, -0.05) is 0 Å². The Hall–Kier alpha value is -2.94. The number of aryl methyl sites for hydroxylation is 3. The normalized spacial score (nSPS) is 17.9. The molecule has 0 fully saturated rings. The molecule has 0 spiro atoms. The minimum absolute atomic E-state index is 0.00974. The highest BCUT2D eigenvalue weighted by atomic mass is 32.1. The number of hydrogen-bond donors (Lipinski definition) is 1. The fourth-order valence-electron chi connectivity index (χ4n) is 4.28. The number of carbonyl (C=O) groups excluding carboxylic acids is 1. The first kappa shape index (κ1) is 20.0. The number of thiazole rings is 1. The molecule has 2 aliphatic rings. The molecule has 2 aromatic heterocycles. The average molecular weight is 440 g/mol. The second-order valence-corrected chi connectivity index (χ2v) is 9.20. The standard InChI is InChI=1S/C22H25N5O3S/c1-14-23-18(13-31-14)12-27-22(29)26-9-8-17(5-7-20(26)25-27)24-21(28)16-4-6-19-15(11-16)3-2-10-30-19/h4,6,11,13,17H,2-3,5,7-10,12H2,1H3,(H,24,28). The summed E-state index contributed by atoms with van der Waals surface area (Å²) in [4.78, 5) is 30.0. The van der Waals surface area contributed by atoms with Gasteiger partial charge in [0.1, 0.15) is 11.6 Å². The maximum absolute atomic E-state index is 12.8. The molecule has 2 aliphatic heterocycles. The molecule has 8 nitrogen and oxygen atoms in total. The maximum atomic E-state index is 12.8. The van der Waals surface area contributed by atoms with Crippen molar-refractivity contribution in [3.63, 3.8) is 0 Å². The quantitative estimate of drug-likeness (QED) is 0.674. The Balaban J connectivity index is 1.24. The van der Waals surface area contributed by atoms with Crippen LogP contribution in [0.2, 0.25) is 0 Å². The molecule has 0 radical (unpaired) electrons. The third kappa shape index (κ3) is 4.14. The molecule has 1 unspecified atom stereocenters. The van der Waals surface area contributed by atoms with Gasteiger partial charge in [-0.05, 0) is 56.4 Å². The fraction of sp³-hybridized carbons (Fsp3) is 0.455. The summed E-state index contributed by atoms with van der Waals surface area (Å²) in [6.07, 6.45) is 4.03. The van der Waals surface area contributed by atoms with E-state index in [4.69, 9.17) is 4.74 Å². The number of rotatable bonds is 4. The highest BCUT2D eigenvalue weighted by molar-refractivity contribution is 7.09. The molecular formula is C22H25N5O3S. The van der Waals surface area contributed by atoms with E-state index >= 15 is 0 Å². The van der Waals surface area contributed by atoms with E-state index in [1.807, 2.05) is 30.5 Å². The summed E-state index contributed by atoms with van der Waals surface area (Å²) in [6.45, 7) is 3.63. The van der Waals surface area contributed by atoms with E-state index in [1.54, 1.807) is 15.9 Å². The largest absolute Gasteiger partial charge is 0.493 e. The van der Waals surface area contributed by atoms with Gasteiger partial charge in [0.25, 0.3) is 5.91 Å². The summed E-state index contributed by atoms with van der Waals surface area (Å²) in [5.41, 5.74) is 2.50. The number of aromatic nitrogens is 4. The number of nitrogens with zero attached hydrogens (tertiary/aromatic N) is 4. The number of benzene rings is 1. The lowest BCUT2D eigenvalue weighted by atomic mass is 10.0. The van der Waals surface area contributed by atoms with Crippen molar-refractivity contribution in [2.45, 2.75) is 58.2 Å². The molecule has 1 atom stereocenters. The van der Waals surface area contributed by atoms with Crippen molar-refractivity contribution in [3.05, 3.63) is 61.7 Å². The smallest absolute Gasteiger partial charge is 0.346 e. The van der Waals surface area contributed by atoms with Crippen molar-refractivity contribution in [1.82, 2.24) is 24.6 Å². The first-order valence-corrected chi connectivity index (χ1v) is 11.6. The van der Waals surface area contributed by atoms with Crippen molar-refractivity contribution in [3.8, 4) is 5.75 Å². The molecular weight excluding hydrogens is 414 g/mol. The second kappa shape index (κ2) is 8.30. The predicted molar refractivity (Wildman–Crippen MR) is 117 cm³/mol. The molecule has 3 aromatic rings. The fourth-order valence-corrected chi connectivity index (χ4v) is 4.88. The molecule has 31 heavy (non-hydrogen) atoms. The van der Waals surface area contributed by atoms with Gasteiger partial charge in [-0.25, -0.2) is 14.5 Å². The Bertz CT molecular complexity index is 1180. The van der Waals surface area contributed by atoms with E-state index < -0.39 is 0 Å². The lowest BCUT2D eigenvalue weighted by Crippen LogP contribution is -2.36. The van der Waals surface area contributed by atoms with Gasteiger partial charge in [0.2, 0.25) is 0 Å². The third-order valence-corrected chi connectivity index (χ3v) is 6.72. The van der Waals surface area contributed by atoms with E-state index in [9.17, 15) is 9.59 Å². The number of ether oxygens (including phenoxy) is 1. The number of nitrogens with one attached hydrogen (secondary N) is 1. The Kier molecular flexibility index (Phi) is 5.35. The maximum Gasteiger partial charge on any atom is 0.346 e. The zero-order valence-electron chi connectivity index (χ0n) is 17.5. The Labute approximate surface area is 183 Å². The van der Waals surface area contributed by atoms with E-state index in [1.165, 1.54) is 4.68 Å². The van der Waals surface area contributed by atoms with Crippen LogP contribution in [-0.4, -0.2) is 37.9 Å². The van der Waals surface area contributed by atoms with Crippen molar-refractivity contribution >= 4 is 17.2 Å². The highest BCUT2D eigenvalue weighted by Crippen LogP contribution is 2.25. The topological polar surface area (TPSA) is 91.0 Å². The average Bonchev–Trinajstić information content (AvgIpc) is 3.24. The highest BCUT2D eigenvalue weighted by Gasteiger charge is 2.23. The summed E-state index contributed by atoms with van der Waals surface area (Å²) >= 11 is 1.57. The molecule has 0 bridgehead atoms. The molecule has 1 amide bonds. The summed E-state index contributed by atoms with van der Waals surface area (Å²) in [7, 11) is 0. The number of carbonyl (C=O) groups is 1. The van der Waals surface area contributed by atoms with Gasteiger partial charge >= 0.3 is 5.69 Å². The van der Waals surface area contributed by atoms with Crippen molar-refractivity contribution in [2.24, 2.45) is 0 Å². The molecule has 0 aliphatic carbocycles. The van der Waals surface area contributed by atoms with Gasteiger partial charge in [0.15, 0.2) is 0 Å². The van der Waals surface area contributed by atoms with E-state index in [0.29, 0.717) is 31.5 Å². The van der Waals surface area contributed by atoms with Crippen LogP contribution in [0.1, 0.15) is 51.7 Å².